The van der Waals surface area contributed by atoms with Crippen LogP contribution in [0.15, 0.2) is 30.6 Å². The second-order valence-corrected chi connectivity index (χ2v) is 5.74. The highest BCUT2D eigenvalue weighted by molar-refractivity contribution is 5.89. The number of nitrogens with one attached hydrogen (secondary N) is 1. The van der Waals surface area contributed by atoms with E-state index < -0.39 is 17.3 Å². The first-order valence-electron chi connectivity index (χ1n) is 7.39. The van der Waals surface area contributed by atoms with Crippen molar-refractivity contribution in [2.75, 3.05) is 18.0 Å². The highest BCUT2D eigenvalue weighted by atomic mass is 19.1. The molecule has 3 N–H and O–H groups in total. The molecule has 1 heterocycles. The average Bonchev–Trinajstić information content (AvgIpc) is 3.25. The summed E-state index contributed by atoms with van der Waals surface area (Å²) in [4.78, 5) is 13.3. The molecule has 3 rings (SSSR count). The Bertz CT molecular complexity index is 694. The molecule has 2 fully saturated rings. The predicted octanol–water partition coefficient (Wildman–Crippen LogP) is 1.73. The Labute approximate surface area is 133 Å². The first-order chi connectivity index (χ1) is 11.1. The van der Waals surface area contributed by atoms with E-state index in [0.717, 1.165) is 0 Å². The number of hydrogen-bond donors (Lipinski definition) is 2. The van der Waals surface area contributed by atoms with Crippen LogP contribution in [0.2, 0.25) is 0 Å². The molecule has 1 aliphatic heterocycles. The normalized spacial score (nSPS) is 22.0. The van der Waals surface area contributed by atoms with Gasteiger partial charge < -0.3 is 15.8 Å². The zero-order valence-corrected chi connectivity index (χ0v) is 12.5. The van der Waals surface area contributed by atoms with Crippen LogP contribution in [0.4, 0.5) is 14.9 Å². The number of anilines is 1. The molecular weight excluding hydrogens is 299 g/mol. The monoisotopic (exact) mass is 316 g/mol. The third kappa shape index (κ3) is 2.80. The van der Waals surface area contributed by atoms with Crippen LogP contribution in [0.3, 0.4) is 0 Å². The molecule has 1 aromatic carbocycles. The van der Waals surface area contributed by atoms with Crippen LogP contribution >= 0.6 is 0 Å². The molecule has 7 heteroatoms. The van der Waals surface area contributed by atoms with Crippen molar-refractivity contribution < 1.29 is 13.9 Å². The lowest BCUT2D eigenvalue weighted by Crippen LogP contribution is -2.29. The zero-order valence-electron chi connectivity index (χ0n) is 12.5. The van der Waals surface area contributed by atoms with Crippen molar-refractivity contribution >= 4 is 11.8 Å². The fraction of sp³-hybridized carbons (Fsp3) is 0.375. The third-order valence-corrected chi connectivity index (χ3v) is 4.18. The lowest BCUT2D eigenvalue weighted by atomic mass is 9.97. The summed E-state index contributed by atoms with van der Waals surface area (Å²) in [5, 5.41) is 12.1. The van der Waals surface area contributed by atoms with Crippen LogP contribution in [0.5, 0.6) is 0 Å². The van der Waals surface area contributed by atoms with Crippen molar-refractivity contribution in [1.82, 2.24) is 5.32 Å². The number of hydrogen-bond acceptors (Lipinski definition) is 5. The Morgan fingerprint density at radius 1 is 1.57 bits per heavy atom. The maximum absolute atomic E-state index is 14.3. The molecule has 1 saturated carbocycles. The number of carbonyl (C=O) groups is 1. The molecule has 0 bridgehead atoms. The molecule has 1 aliphatic carbocycles. The smallest absolute Gasteiger partial charge is 0.414 e. The second-order valence-electron chi connectivity index (χ2n) is 5.74. The molecule has 0 aromatic heterocycles. The van der Waals surface area contributed by atoms with Gasteiger partial charge in [0.1, 0.15) is 11.9 Å². The maximum Gasteiger partial charge on any atom is 0.414 e. The van der Waals surface area contributed by atoms with Gasteiger partial charge in [-0.25, -0.2) is 9.18 Å². The Morgan fingerprint density at radius 2 is 2.35 bits per heavy atom. The quantitative estimate of drug-likeness (QED) is 0.863. The summed E-state index contributed by atoms with van der Waals surface area (Å²) in [5.74, 6) is -0.456. The van der Waals surface area contributed by atoms with E-state index >= 15 is 0 Å². The first-order valence-corrected chi connectivity index (χ1v) is 7.39. The lowest BCUT2D eigenvalue weighted by molar-refractivity contribution is 0.142. The van der Waals surface area contributed by atoms with Gasteiger partial charge in [-0.05, 0) is 25.0 Å². The number of benzene rings is 1. The number of nitrogens with zero attached hydrogens (tertiary/aromatic N) is 2. The fourth-order valence-electron chi connectivity index (χ4n) is 2.73. The highest BCUT2D eigenvalue weighted by Gasteiger charge is 2.47. The molecule has 1 amide bonds. The molecule has 0 spiro atoms. The Balaban J connectivity index is 1.74. The predicted molar refractivity (Wildman–Crippen MR) is 81.9 cm³/mol. The minimum atomic E-state index is -0.685. The number of rotatable bonds is 5. The largest absolute Gasteiger partial charge is 0.442 e. The van der Waals surface area contributed by atoms with Crippen LogP contribution in [0, 0.1) is 17.1 Å². The van der Waals surface area contributed by atoms with Gasteiger partial charge >= 0.3 is 6.09 Å². The standard InChI is InChI=1S/C16H17FN4O2/c17-14-7-11(1-2-13(14)16(10-19)3-4-16)21-9-12(23-15(21)22)8-20-6-5-18/h1-2,5-7,12,20H,3-4,8-9,18H2/b6-5-. The number of amides is 1. The van der Waals surface area contributed by atoms with Crippen molar-refractivity contribution in [2.45, 2.75) is 24.4 Å². The van der Waals surface area contributed by atoms with Crippen molar-refractivity contribution in [3.63, 3.8) is 0 Å². The van der Waals surface area contributed by atoms with Gasteiger partial charge in [-0.15, -0.1) is 0 Å². The molecule has 1 saturated heterocycles. The van der Waals surface area contributed by atoms with E-state index in [1.54, 1.807) is 18.3 Å². The fourth-order valence-corrected chi connectivity index (χ4v) is 2.73. The van der Waals surface area contributed by atoms with E-state index in [2.05, 4.69) is 11.4 Å². The Kier molecular flexibility index (Phi) is 3.82. The molecule has 120 valence electrons. The summed E-state index contributed by atoms with van der Waals surface area (Å²) < 4.78 is 19.6. The van der Waals surface area contributed by atoms with Crippen molar-refractivity contribution in [2.24, 2.45) is 5.73 Å². The van der Waals surface area contributed by atoms with E-state index in [9.17, 15) is 14.4 Å². The average molecular weight is 316 g/mol. The van der Waals surface area contributed by atoms with Crippen LogP contribution in [-0.4, -0.2) is 25.3 Å². The summed E-state index contributed by atoms with van der Waals surface area (Å²) >= 11 is 0. The molecule has 6 nitrogen and oxygen atoms in total. The van der Waals surface area contributed by atoms with Gasteiger partial charge in [-0.3, -0.25) is 4.90 Å². The molecule has 0 radical (unpaired) electrons. The number of nitrogens with two attached hydrogens (primary N) is 1. The summed E-state index contributed by atoms with van der Waals surface area (Å²) in [5.41, 5.74) is 5.37. The van der Waals surface area contributed by atoms with Gasteiger partial charge in [0.2, 0.25) is 0 Å². The van der Waals surface area contributed by atoms with Gasteiger partial charge in [0.25, 0.3) is 0 Å². The minimum absolute atomic E-state index is 0.326. The molecule has 23 heavy (non-hydrogen) atoms. The van der Waals surface area contributed by atoms with Crippen molar-refractivity contribution in [3.8, 4) is 6.07 Å². The summed E-state index contributed by atoms with van der Waals surface area (Å²) in [6.45, 7) is 0.750. The van der Waals surface area contributed by atoms with Crippen molar-refractivity contribution in [1.29, 1.82) is 5.26 Å². The topological polar surface area (TPSA) is 91.4 Å². The van der Waals surface area contributed by atoms with Gasteiger partial charge in [0.05, 0.1) is 30.3 Å². The summed E-state index contributed by atoms with van der Waals surface area (Å²) in [7, 11) is 0. The van der Waals surface area contributed by atoms with Crippen LogP contribution in [0.1, 0.15) is 18.4 Å². The van der Waals surface area contributed by atoms with E-state index in [0.29, 0.717) is 37.2 Å². The van der Waals surface area contributed by atoms with E-state index in [4.69, 9.17) is 10.5 Å². The lowest BCUT2D eigenvalue weighted by Gasteiger charge is -2.15. The minimum Gasteiger partial charge on any atom is -0.442 e. The summed E-state index contributed by atoms with van der Waals surface area (Å²) in [6.07, 6.45) is 3.41. The molecule has 1 aromatic rings. The molecule has 1 atom stereocenters. The number of cyclic esters (lactones) is 1. The number of ether oxygens (including phenoxy) is 1. The number of nitriles is 1. The molecular formula is C16H17FN4O2. The van der Waals surface area contributed by atoms with Gasteiger partial charge in [0.15, 0.2) is 0 Å². The van der Waals surface area contributed by atoms with Crippen LogP contribution < -0.4 is 16.0 Å². The molecule has 2 aliphatic rings. The Hall–Kier alpha value is -2.75. The third-order valence-electron chi connectivity index (χ3n) is 4.18. The van der Waals surface area contributed by atoms with E-state index in [-0.39, 0.29) is 6.10 Å². The van der Waals surface area contributed by atoms with Gasteiger partial charge in [0, 0.05) is 18.0 Å². The maximum atomic E-state index is 14.3. The SMILES string of the molecule is N#CC1(c2ccc(N3CC(CN/C=C\N)OC3=O)cc2F)CC1. The number of halogens is 1. The van der Waals surface area contributed by atoms with Gasteiger partial charge in [-0.2, -0.15) is 5.26 Å². The zero-order chi connectivity index (χ0) is 16.4. The number of carbonyl (C=O) groups excluding carboxylic acids is 1. The second kappa shape index (κ2) is 5.80. The van der Waals surface area contributed by atoms with Crippen molar-refractivity contribution in [3.05, 3.63) is 42.0 Å². The molecule has 1 unspecified atom stereocenters. The van der Waals surface area contributed by atoms with Gasteiger partial charge in [-0.1, -0.05) is 6.07 Å². The van der Waals surface area contributed by atoms with E-state index in [1.807, 2.05) is 0 Å². The van der Waals surface area contributed by atoms with Crippen LogP contribution in [-0.2, 0) is 10.2 Å². The van der Waals surface area contributed by atoms with Crippen LogP contribution in [0.25, 0.3) is 0 Å². The van der Waals surface area contributed by atoms with E-state index in [1.165, 1.54) is 17.2 Å². The first kappa shape index (κ1) is 15.2. The Morgan fingerprint density at radius 3 is 2.96 bits per heavy atom. The highest BCUT2D eigenvalue weighted by Crippen LogP contribution is 2.48. The summed E-state index contributed by atoms with van der Waals surface area (Å²) in [6, 6.07) is 6.72.